The van der Waals surface area contributed by atoms with Crippen molar-refractivity contribution in [1.82, 2.24) is 10.6 Å². The summed E-state index contributed by atoms with van der Waals surface area (Å²) in [6.45, 7) is 8.08. The van der Waals surface area contributed by atoms with Crippen molar-refractivity contribution in [2.24, 2.45) is 5.92 Å². The molecule has 5 nitrogen and oxygen atoms in total. The Labute approximate surface area is 147 Å². The molecule has 1 rings (SSSR count). The number of rotatable bonds is 8. The summed E-state index contributed by atoms with van der Waals surface area (Å²) in [5, 5.41) is 5.66. The van der Waals surface area contributed by atoms with E-state index in [0.717, 1.165) is 5.56 Å². The average Bonchev–Trinajstić information content (AvgIpc) is 2.52. The number of hydrogen-bond donors (Lipinski definition) is 2. The van der Waals surface area contributed by atoms with Crippen molar-refractivity contribution in [2.45, 2.75) is 45.4 Å². The zero-order valence-corrected chi connectivity index (χ0v) is 15.9. The van der Waals surface area contributed by atoms with Crippen LogP contribution in [0.15, 0.2) is 24.3 Å². The largest absolute Gasteiger partial charge is 0.354 e. The Hall–Kier alpha value is -1.69. The lowest BCUT2D eigenvalue weighted by molar-refractivity contribution is -0.123. The van der Waals surface area contributed by atoms with Crippen molar-refractivity contribution in [2.75, 3.05) is 12.8 Å². The lowest BCUT2D eigenvalue weighted by Crippen LogP contribution is -2.50. The molecule has 3 atom stereocenters. The summed E-state index contributed by atoms with van der Waals surface area (Å²) >= 11 is 0. The van der Waals surface area contributed by atoms with Gasteiger partial charge in [0.1, 0.15) is 6.04 Å². The molecule has 134 valence electrons. The molecule has 0 aliphatic rings. The minimum Gasteiger partial charge on any atom is -0.354 e. The molecule has 0 saturated carbocycles. The maximum atomic E-state index is 12.4. The fraction of sp³-hybridized carbons (Fsp3) is 0.556. The highest BCUT2D eigenvalue weighted by Crippen LogP contribution is 2.07. The van der Waals surface area contributed by atoms with Crippen LogP contribution in [0.25, 0.3) is 0 Å². The highest BCUT2D eigenvalue weighted by atomic mass is 32.2. The third-order valence-electron chi connectivity index (χ3n) is 3.97. The third kappa shape index (κ3) is 6.43. The fourth-order valence-electron chi connectivity index (χ4n) is 2.14. The quantitative estimate of drug-likeness (QED) is 0.752. The smallest absolute Gasteiger partial charge is 0.251 e. The van der Waals surface area contributed by atoms with Gasteiger partial charge in [-0.25, -0.2) is 0 Å². The van der Waals surface area contributed by atoms with Crippen LogP contribution in [-0.4, -0.2) is 40.1 Å². The Bertz CT molecular complexity index is 584. The molecule has 0 spiro atoms. The number of amides is 2. The summed E-state index contributed by atoms with van der Waals surface area (Å²) in [5.74, 6) is -0.497. The Kier molecular flexibility index (Phi) is 8.11. The first-order valence-corrected chi connectivity index (χ1v) is 9.82. The fourth-order valence-corrected chi connectivity index (χ4v) is 2.59. The molecule has 3 unspecified atom stereocenters. The van der Waals surface area contributed by atoms with Crippen LogP contribution >= 0.6 is 0 Å². The van der Waals surface area contributed by atoms with E-state index in [2.05, 4.69) is 10.6 Å². The molecular formula is C18H28N2O3S. The third-order valence-corrected chi connectivity index (χ3v) is 5.34. The average molecular weight is 353 g/mol. The summed E-state index contributed by atoms with van der Waals surface area (Å²) in [6, 6.07) is 6.63. The number of benzene rings is 1. The van der Waals surface area contributed by atoms with Crippen LogP contribution in [0.1, 0.15) is 43.1 Å². The Balaban J connectivity index is 2.62. The van der Waals surface area contributed by atoms with Crippen molar-refractivity contribution in [3.05, 3.63) is 35.4 Å². The van der Waals surface area contributed by atoms with E-state index in [0.29, 0.717) is 18.5 Å². The summed E-state index contributed by atoms with van der Waals surface area (Å²) in [4.78, 5) is 24.7. The first-order valence-electron chi connectivity index (χ1n) is 8.19. The molecule has 0 saturated heterocycles. The van der Waals surface area contributed by atoms with Crippen molar-refractivity contribution in [3.8, 4) is 0 Å². The molecule has 1 aromatic rings. The topological polar surface area (TPSA) is 75.3 Å². The molecule has 0 aromatic heterocycles. The lowest BCUT2D eigenvalue weighted by atomic mass is 10.0. The second-order valence-electron chi connectivity index (χ2n) is 6.45. The summed E-state index contributed by atoms with van der Waals surface area (Å²) in [6.07, 6.45) is 2.30. The van der Waals surface area contributed by atoms with E-state index in [9.17, 15) is 13.8 Å². The van der Waals surface area contributed by atoms with Gasteiger partial charge in [-0.2, -0.15) is 0 Å². The van der Waals surface area contributed by atoms with Gasteiger partial charge in [0.05, 0.1) is 0 Å². The SMILES string of the molecule is Cc1ccc(C(=O)NC(C(=O)NCCC(C)S(C)=O)C(C)C)cc1. The molecule has 0 aliphatic carbocycles. The molecule has 2 amide bonds. The minimum atomic E-state index is -0.902. The molecule has 0 aliphatic heterocycles. The molecule has 0 heterocycles. The van der Waals surface area contributed by atoms with Crippen LogP contribution < -0.4 is 10.6 Å². The van der Waals surface area contributed by atoms with Crippen LogP contribution in [0.4, 0.5) is 0 Å². The van der Waals surface area contributed by atoms with Gasteiger partial charge in [0.15, 0.2) is 0 Å². The van der Waals surface area contributed by atoms with Gasteiger partial charge >= 0.3 is 0 Å². The van der Waals surface area contributed by atoms with Gasteiger partial charge in [0.25, 0.3) is 5.91 Å². The number of carbonyl (C=O) groups excluding carboxylic acids is 2. The van der Waals surface area contributed by atoms with E-state index in [1.54, 1.807) is 18.4 Å². The maximum Gasteiger partial charge on any atom is 0.251 e. The van der Waals surface area contributed by atoms with Gasteiger partial charge in [-0.05, 0) is 31.4 Å². The predicted octanol–water partition coefficient (Wildman–Crippen LogP) is 2.02. The van der Waals surface area contributed by atoms with Gasteiger partial charge in [-0.15, -0.1) is 0 Å². The molecule has 1 aromatic carbocycles. The van der Waals surface area contributed by atoms with E-state index in [1.807, 2.05) is 39.8 Å². The Morgan fingerprint density at radius 1 is 1.12 bits per heavy atom. The van der Waals surface area contributed by atoms with Gasteiger partial charge in [-0.1, -0.05) is 38.5 Å². The van der Waals surface area contributed by atoms with Crippen LogP contribution in [0.3, 0.4) is 0 Å². The van der Waals surface area contributed by atoms with Crippen LogP contribution in [-0.2, 0) is 15.6 Å². The van der Waals surface area contributed by atoms with Gasteiger partial charge < -0.3 is 10.6 Å². The van der Waals surface area contributed by atoms with Gasteiger partial charge in [-0.3, -0.25) is 13.8 Å². The summed E-state index contributed by atoms with van der Waals surface area (Å²) < 4.78 is 11.3. The molecular weight excluding hydrogens is 324 g/mol. The van der Waals surface area contributed by atoms with E-state index in [4.69, 9.17) is 0 Å². The molecule has 0 radical (unpaired) electrons. The summed E-state index contributed by atoms with van der Waals surface area (Å²) in [5.41, 5.74) is 1.61. The minimum absolute atomic E-state index is 0.0304. The van der Waals surface area contributed by atoms with E-state index in [1.165, 1.54) is 0 Å². The highest BCUT2D eigenvalue weighted by molar-refractivity contribution is 7.84. The number of carbonyl (C=O) groups is 2. The Morgan fingerprint density at radius 3 is 2.21 bits per heavy atom. The van der Waals surface area contributed by atoms with Crippen LogP contribution in [0.2, 0.25) is 0 Å². The predicted molar refractivity (Wildman–Crippen MR) is 98.4 cm³/mol. The van der Waals surface area contributed by atoms with Crippen LogP contribution in [0.5, 0.6) is 0 Å². The molecule has 6 heteroatoms. The molecule has 0 fully saturated rings. The number of nitrogens with one attached hydrogen (secondary N) is 2. The van der Waals surface area contributed by atoms with Gasteiger partial charge in [0, 0.05) is 34.4 Å². The number of hydrogen-bond acceptors (Lipinski definition) is 3. The van der Waals surface area contributed by atoms with Gasteiger partial charge in [0.2, 0.25) is 5.91 Å². The first-order chi connectivity index (χ1) is 11.2. The van der Waals surface area contributed by atoms with E-state index >= 15 is 0 Å². The van der Waals surface area contributed by atoms with Crippen molar-refractivity contribution in [3.63, 3.8) is 0 Å². The second kappa shape index (κ2) is 9.57. The standard InChI is InChI=1S/C18H28N2O3S/c1-12(2)16(18(22)19-11-10-14(4)24(5)23)20-17(21)15-8-6-13(3)7-9-15/h6-9,12,14,16H,10-11H2,1-5H3,(H,19,22)(H,20,21). The lowest BCUT2D eigenvalue weighted by Gasteiger charge is -2.22. The highest BCUT2D eigenvalue weighted by Gasteiger charge is 2.24. The van der Waals surface area contributed by atoms with Crippen molar-refractivity contribution >= 4 is 22.6 Å². The molecule has 24 heavy (non-hydrogen) atoms. The monoisotopic (exact) mass is 352 g/mol. The van der Waals surface area contributed by atoms with Crippen LogP contribution in [0, 0.1) is 12.8 Å². The van der Waals surface area contributed by atoms with E-state index in [-0.39, 0.29) is 23.0 Å². The van der Waals surface area contributed by atoms with Crippen molar-refractivity contribution < 1.29 is 13.8 Å². The Morgan fingerprint density at radius 2 is 1.71 bits per heavy atom. The number of aryl methyl sites for hydroxylation is 1. The van der Waals surface area contributed by atoms with Crippen molar-refractivity contribution in [1.29, 1.82) is 0 Å². The second-order valence-corrected chi connectivity index (χ2v) is 8.25. The maximum absolute atomic E-state index is 12.4. The normalized spacial score (nSPS) is 14.8. The first kappa shape index (κ1) is 20.4. The zero-order chi connectivity index (χ0) is 18.3. The zero-order valence-electron chi connectivity index (χ0n) is 15.1. The summed E-state index contributed by atoms with van der Waals surface area (Å²) in [7, 11) is -0.902. The molecule has 2 N–H and O–H groups in total. The molecule has 0 bridgehead atoms. The van der Waals surface area contributed by atoms with E-state index < -0.39 is 16.8 Å².